The van der Waals surface area contributed by atoms with Crippen LogP contribution in [-0.4, -0.2) is 16.2 Å². The standard InChI is InChI=1S/C11H13NO/c1-9(13)12-7-6-10-4-2-3-5-11(10)8-12/h2-7,9,13H,8H2,1H3. The molecule has 1 aromatic carbocycles. The number of benzene rings is 1. The van der Waals surface area contributed by atoms with Crippen molar-refractivity contribution in [1.82, 2.24) is 4.90 Å². The molecule has 1 unspecified atom stereocenters. The van der Waals surface area contributed by atoms with Crippen LogP contribution in [0.1, 0.15) is 18.1 Å². The zero-order chi connectivity index (χ0) is 9.26. The Morgan fingerprint density at radius 3 is 2.92 bits per heavy atom. The van der Waals surface area contributed by atoms with Crippen LogP contribution in [0.3, 0.4) is 0 Å². The third kappa shape index (κ3) is 1.58. The first-order valence-corrected chi connectivity index (χ1v) is 4.47. The number of aliphatic hydroxyl groups is 1. The summed E-state index contributed by atoms with van der Waals surface area (Å²) in [6, 6.07) is 8.23. The van der Waals surface area contributed by atoms with E-state index in [0.717, 1.165) is 6.54 Å². The lowest BCUT2D eigenvalue weighted by atomic mass is 10.0. The van der Waals surface area contributed by atoms with Crippen LogP contribution in [-0.2, 0) is 6.54 Å². The topological polar surface area (TPSA) is 23.5 Å². The molecule has 1 aliphatic heterocycles. The third-order valence-corrected chi connectivity index (χ3v) is 2.33. The molecule has 0 aliphatic carbocycles. The molecular weight excluding hydrogens is 162 g/mol. The number of hydrogen-bond acceptors (Lipinski definition) is 2. The number of rotatable bonds is 1. The van der Waals surface area contributed by atoms with Crippen molar-refractivity contribution in [2.75, 3.05) is 0 Å². The van der Waals surface area contributed by atoms with Gasteiger partial charge >= 0.3 is 0 Å². The lowest BCUT2D eigenvalue weighted by Gasteiger charge is -2.27. The van der Waals surface area contributed by atoms with Gasteiger partial charge in [-0.25, -0.2) is 0 Å². The summed E-state index contributed by atoms with van der Waals surface area (Å²) in [7, 11) is 0. The summed E-state index contributed by atoms with van der Waals surface area (Å²) in [6.45, 7) is 2.57. The van der Waals surface area contributed by atoms with Gasteiger partial charge in [0, 0.05) is 12.7 Å². The van der Waals surface area contributed by atoms with E-state index in [4.69, 9.17) is 0 Å². The van der Waals surface area contributed by atoms with Crippen molar-refractivity contribution >= 4 is 6.08 Å². The average Bonchev–Trinajstić information content (AvgIpc) is 2.17. The van der Waals surface area contributed by atoms with Crippen LogP contribution >= 0.6 is 0 Å². The second-order valence-corrected chi connectivity index (χ2v) is 3.32. The number of aliphatic hydroxyl groups excluding tert-OH is 1. The summed E-state index contributed by atoms with van der Waals surface area (Å²) in [5, 5.41) is 9.38. The fraction of sp³-hybridized carbons (Fsp3) is 0.273. The molecule has 0 saturated carbocycles. The van der Waals surface area contributed by atoms with Gasteiger partial charge in [0.1, 0.15) is 6.23 Å². The fourth-order valence-corrected chi connectivity index (χ4v) is 1.52. The molecule has 1 aliphatic rings. The number of nitrogens with zero attached hydrogens (tertiary/aromatic N) is 1. The van der Waals surface area contributed by atoms with Crippen molar-refractivity contribution in [2.45, 2.75) is 19.7 Å². The van der Waals surface area contributed by atoms with Gasteiger partial charge in [-0.1, -0.05) is 24.3 Å². The quantitative estimate of drug-likeness (QED) is 0.703. The Morgan fingerprint density at radius 1 is 1.38 bits per heavy atom. The van der Waals surface area contributed by atoms with Crippen molar-refractivity contribution in [2.24, 2.45) is 0 Å². The van der Waals surface area contributed by atoms with Crippen LogP contribution in [0, 0.1) is 0 Å². The molecule has 0 radical (unpaired) electrons. The molecule has 1 atom stereocenters. The monoisotopic (exact) mass is 175 g/mol. The second-order valence-electron chi connectivity index (χ2n) is 3.32. The molecule has 1 aromatic rings. The minimum atomic E-state index is -0.412. The van der Waals surface area contributed by atoms with Crippen molar-refractivity contribution in [1.29, 1.82) is 0 Å². The predicted molar refractivity (Wildman–Crippen MR) is 52.7 cm³/mol. The van der Waals surface area contributed by atoms with Gasteiger partial charge in [-0.05, 0) is 24.1 Å². The van der Waals surface area contributed by atoms with E-state index >= 15 is 0 Å². The van der Waals surface area contributed by atoms with E-state index in [0.29, 0.717) is 0 Å². The second kappa shape index (κ2) is 3.23. The maximum atomic E-state index is 9.38. The first-order valence-electron chi connectivity index (χ1n) is 4.47. The van der Waals surface area contributed by atoms with Gasteiger partial charge in [-0.15, -0.1) is 0 Å². The highest BCUT2D eigenvalue weighted by atomic mass is 16.3. The Morgan fingerprint density at radius 2 is 2.15 bits per heavy atom. The van der Waals surface area contributed by atoms with E-state index in [9.17, 15) is 5.11 Å². The van der Waals surface area contributed by atoms with Gasteiger partial charge in [0.25, 0.3) is 0 Å². The molecule has 1 heterocycles. The third-order valence-electron chi connectivity index (χ3n) is 2.33. The highest BCUT2D eigenvalue weighted by molar-refractivity contribution is 5.55. The van der Waals surface area contributed by atoms with Crippen LogP contribution in [0.4, 0.5) is 0 Å². The molecule has 0 bridgehead atoms. The maximum absolute atomic E-state index is 9.38. The largest absolute Gasteiger partial charge is 0.374 e. The average molecular weight is 175 g/mol. The molecule has 68 valence electrons. The molecule has 1 N–H and O–H groups in total. The molecule has 0 aromatic heterocycles. The zero-order valence-corrected chi connectivity index (χ0v) is 7.64. The first-order chi connectivity index (χ1) is 6.27. The summed E-state index contributed by atoms with van der Waals surface area (Å²) in [5.74, 6) is 0. The van der Waals surface area contributed by atoms with Crippen LogP contribution in [0.2, 0.25) is 0 Å². The van der Waals surface area contributed by atoms with Gasteiger partial charge in [0.05, 0.1) is 0 Å². The van der Waals surface area contributed by atoms with Gasteiger partial charge in [0.2, 0.25) is 0 Å². The van der Waals surface area contributed by atoms with Crippen LogP contribution in [0.5, 0.6) is 0 Å². The van der Waals surface area contributed by atoms with Gasteiger partial charge in [-0.2, -0.15) is 0 Å². The molecule has 0 fully saturated rings. The number of hydrogen-bond donors (Lipinski definition) is 1. The molecule has 2 nitrogen and oxygen atoms in total. The summed E-state index contributed by atoms with van der Waals surface area (Å²) in [6.07, 6.45) is 3.56. The predicted octanol–water partition coefficient (Wildman–Crippen LogP) is 1.81. The summed E-state index contributed by atoms with van der Waals surface area (Å²) >= 11 is 0. The summed E-state index contributed by atoms with van der Waals surface area (Å²) in [5.41, 5.74) is 2.52. The highest BCUT2D eigenvalue weighted by Gasteiger charge is 2.12. The van der Waals surface area contributed by atoms with Crippen molar-refractivity contribution in [3.63, 3.8) is 0 Å². The van der Waals surface area contributed by atoms with Crippen LogP contribution < -0.4 is 0 Å². The van der Waals surface area contributed by atoms with E-state index < -0.39 is 6.23 Å². The molecular formula is C11H13NO. The summed E-state index contributed by atoms with van der Waals surface area (Å²) in [4.78, 5) is 1.91. The van der Waals surface area contributed by atoms with E-state index in [1.54, 1.807) is 6.92 Å². The molecule has 2 rings (SSSR count). The molecule has 2 heteroatoms. The van der Waals surface area contributed by atoms with E-state index in [1.807, 2.05) is 29.3 Å². The molecule has 0 spiro atoms. The lowest BCUT2D eigenvalue weighted by molar-refractivity contribution is 0.0489. The van der Waals surface area contributed by atoms with E-state index in [-0.39, 0.29) is 0 Å². The van der Waals surface area contributed by atoms with Crippen LogP contribution in [0.25, 0.3) is 6.08 Å². The van der Waals surface area contributed by atoms with Crippen molar-refractivity contribution < 1.29 is 5.11 Å². The molecule has 0 amide bonds. The molecule has 0 saturated heterocycles. The Kier molecular flexibility index (Phi) is 2.07. The van der Waals surface area contributed by atoms with E-state index in [2.05, 4.69) is 12.1 Å². The minimum absolute atomic E-state index is 0.412. The van der Waals surface area contributed by atoms with Gasteiger partial charge in [-0.3, -0.25) is 0 Å². The summed E-state index contributed by atoms with van der Waals surface area (Å²) < 4.78 is 0. The van der Waals surface area contributed by atoms with Crippen LogP contribution in [0.15, 0.2) is 30.5 Å². The minimum Gasteiger partial charge on any atom is -0.374 e. The Hall–Kier alpha value is -1.28. The first kappa shape index (κ1) is 8.32. The zero-order valence-electron chi connectivity index (χ0n) is 7.64. The Labute approximate surface area is 78.1 Å². The lowest BCUT2D eigenvalue weighted by Crippen LogP contribution is -2.28. The maximum Gasteiger partial charge on any atom is 0.123 e. The van der Waals surface area contributed by atoms with Gasteiger partial charge < -0.3 is 10.0 Å². The SMILES string of the molecule is CC(O)N1C=Cc2ccccc2C1. The van der Waals surface area contributed by atoms with E-state index in [1.165, 1.54) is 11.1 Å². The smallest absolute Gasteiger partial charge is 0.123 e. The molecule has 13 heavy (non-hydrogen) atoms. The van der Waals surface area contributed by atoms with Crippen molar-refractivity contribution in [3.8, 4) is 0 Å². The Balaban J connectivity index is 2.29. The van der Waals surface area contributed by atoms with Crippen molar-refractivity contribution in [3.05, 3.63) is 41.6 Å². The normalized spacial score (nSPS) is 16.9. The van der Waals surface area contributed by atoms with Gasteiger partial charge in [0.15, 0.2) is 0 Å². The number of fused-ring (bicyclic) bond motifs is 1. The fourth-order valence-electron chi connectivity index (χ4n) is 1.52. The highest BCUT2D eigenvalue weighted by Crippen LogP contribution is 2.19. The Bertz CT molecular complexity index is 331.